The number of carbonyl (C=O) groups excluding carboxylic acids is 2. The van der Waals surface area contributed by atoms with Crippen LogP contribution in [0.3, 0.4) is 0 Å². The third-order valence-corrected chi connectivity index (χ3v) is 4.73. The lowest BCUT2D eigenvalue weighted by Crippen LogP contribution is -2.43. The van der Waals surface area contributed by atoms with Crippen LogP contribution in [-0.4, -0.2) is 36.0 Å². The second-order valence-electron chi connectivity index (χ2n) is 5.07. The van der Waals surface area contributed by atoms with Gasteiger partial charge in [-0.25, -0.2) is 0 Å². The Balaban J connectivity index is 2.19. The van der Waals surface area contributed by atoms with Crippen molar-refractivity contribution in [3.63, 3.8) is 0 Å². The van der Waals surface area contributed by atoms with Crippen molar-refractivity contribution in [3.8, 4) is 0 Å². The van der Waals surface area contributed by atoms with Gasteiger partial charge in [-0.3, -0.25) is 14.9 Å². The summed E-state index contributed by atoms with van der Waals surface area (Å²) in [5, 5.41) is 5.38. The van der Waals surface area contributed by atoms with Gasteiger partial charge in [0.25, 0.3) is 0 Å². The van der Waals surface area contributed by atoms with Gasteiger partial charge < -0.3 is 9.64 Å². The number of ether oxygens (including phenoxy) is 1. The summed E-state index contributed by atoms with van der Waals surface area (Å²) >= 11 is 1.60. The molecule has 2 unspecified atom stereocenters. The van der Waals surface area contributed by atoms with E-state index in [9.17, 15) is 9.59 Å². The summed E-state index contributed by atoms with van der Waals surface area (Å²) in [6.45, 7) is 4.27. The van der Waals surface area contributed by atoms with E-state index in [-0.39, 0.29) is 24.5 Å². The van der Waals surface area contributed by atoms with Crippen molar-refractivity contribution < 1.29 is 14.3 Å². The van der Waals surface area contributed by atoms with Gasteiger partial charge in [0, 0.05) is 11.4 Å². The maximum absolute atomic E-state index is 12.6. The molecule has 1 N–H and O–H groups in total. The Bertz CT molecular complexity index is 489. The van der Waals surface area contributed by atoms with Gasteiger partial charge in [-0.05, 0) is 24.8 Å². The highest BCUT2D eigenvalue weighted by Gasteiger charge is 2.47. The number of rotatable bonds is 5. The molecule has 2 heterocycles. The van der Waals surface area contributed by atoms with Gasteiger partial charge in [-0.2, -0.15) is 0 Å². The van der Waals surface area contributed by atoms with Gasteiger partial charge in [-0.1, -0.05) is 13.0 Å². The van der Waals surface area contributed by atoms with Crippen molar-refractivity contribution in [3.05, 3.63) is 22.4 Å². The predicted octanol–water partition coefficient (Wildman–Crippen LogP) is 1.91. The fourth-order valence-electron chi connectivity index (χ4n) is 2.34. The topological polar surface area (TPSA) is 58.6 Å². The number of amides is 1. The molecule has 2 rings (SSSR count). The Morgan fingerprint density at radius 1 is 1.60 bits per heavy atom. The molecule has 1 aliphatic rings. The Hall–Kier alpha value is -1.40. The Morgan fingerprint density at radius 2 is 2.35 bits per heavy atom. The highest BCUT2D eigenvalue weighted by molar-refractivity contribution is 7.10. The second-order valence-corrected chi connectivity index (χ2v) is 6.05. The van der Waals surface area contributed by atoms with Gasteiger partial charge in [0.15, 0.2) is 0 Å². The zero-order valence-electron chi connectivity index (χ0n) is 12.0. The summed E-state index contributed by atoms with van der Waals surface area (Å²) in [6, 6.07) is 3.97. The largest absolute Gasteiger partial charge is 0.469 e. The number of hydrogen-bond acceptors (Lipinski definition) is 5. The molecule has 0 bridgehead atoms. The molecule has 5 nitrogen and oxygen atoms in total. The van der Waals surface area contributed by atoms with Gasteiger partial charge in [0.05, 0.1) is 19.1 Å². The Labute approximate surface area is 122 Å². The van der Waals surface area contributed by atoms with Crippen molar-refractivity contribution in [2.45, 2.75) is 38.4 Å². The molecule has 2 atom stereocenters. The summed E-state index contributed by atoms with van der Waals surface area (Å²) < 4.78 is 4.65. The van der Waals surface area contributed by atoms with E-state index in [1.807, 2.05) is 31.4 Å². The number of carbonyl (C=O) groups is 2. The first-order valence-corrected chi connectivity index (χ1v) is 7.59. The molecule has 1 aliphatic heterocycles. The standard InChI is InChI=1S/C14H20N2O3S/c1-4-14(2)13(18)16(8-7-11(17)19-3)12(15-14)10-6-5-9-20-10/h5-6,9,12,15H,4,7-8H2,1-3H3. The Kier molecular flexibility index (Phi) is 4.45. The number of thiophene rings is 1. The normalized spacial score (nSPS) is 26.1. The molecule has 6 heteroatoms. The molecule has 1 aromatic heterocycles. The molecular weight excluding hydrogens is 276 g/mol. The molecule has 1 fully saturated rings. The van der Waals surface area contributed by atoms with Crippen molar-refractivity contribution in [1.82, 2.24) is 10.2 Å². The maximum atomic E-state index is 12.6. The minimum atomic E-state index is -0.565. The van der Waals surface area contributed by atoms with Crippen molar-refractivity contribution in [2.24, 2.45) is 0 Å². The van der Waals surface area contributed by atoms with E-state index in [1.165, 1.54) is 7.11 Å². The lowest BCUT2D eigenvalue weighted by Gasteiger charge is -2.22. The van der Waals surface area contributed by atoms with Crippen LogP contribution < -0.4 is 5.32 Å². The molecule has 0 radical (unpaired) electrons. The minimum Gasteiger partial charge on any atom is -0.469 e. The minimum absolute atomic E-state index is 0.0438. The molecule has 0 aromatic carbocycles. The highest BCUT2D eigenvalue weighted by Crippen LogP contribution is 2.34. The number of esters is 1. The first-order chi connectivity index (χ1) is 9.51. The fraction of sp³-hybridized carbons (Fsp3) is 0.571. The lowest BCUT2D eigenvalue weighted by atomic mass is 9.99. The molecule has 1 saturated heterocycles. The van der Waals surface area contributed by atoms with Crippen LogP contribution in [0.25, 0.3) is 0 Å². The van der Waals surface area contributed by atoms with Gasteiger partial charge in [-0.15, -0.1) is 11.3 Å². The maximum Gasteiger partial charge on any atom is 0.307 e. The first-order valence-electron chi connectivity index (χ1n) is 6.71. The summed E-state index contributed by atoms with van der Waals surface area (Å²) in [6.07, 6.45) is 0.769. The molecular formula is C14H20N2O3S. The fourth-order valence-corrected chi connectivity index (χ4v) is 3.13. The van der Waals surface area contributed by atoms with E-state index in [2.05, 4.69) is 10.1 Å². The van der Waals surface area contributed by atoms with E-state index >= 15 is 0 Å². The zero-order chi connectivity index (χ0) is 14.8. The lowest BCUT2D eigenvalue weighted by molar-refractivity contribution is -0.142. The monoisotopic (exact) mass is 296 g/mol. The van der Waals surface area contributed by atoms with Crippen LogP contribution in [0.1, 0.15) is 37.7 Å². The number of nitrogens with one attached hydrogen (secondary N) is 1. The van der Waals surface area contributed by atoms with Crippen LogP contribution in [0, 0.1) is 0 Å². The van der Waals surface area contributed by atoms with Crippen LogP contribution >= 0.6 is 11.3 Å². The molecule has 1 aromatic rings. The number of nitrogens with zero attached hydrogens (tertiary/aromatic N) is 1. The van der Waals surface area contributed by atoms with Crippen molar-refractivity contribution >= 4 is 23.2 Å². The second kappa shape index (κ2) is 5.93. The third kappa shape index (κ3) is 2.71. The summed E-state index contributed by atoms with van der Waals surface area (Å²) in [7, 11) is 1.36. The number of hydrogen-bond donors (Lipinski definition) is 1. The zero-order valence-corrected chi connectivity index (χ0v) is 12.8. The van der Waals surface area contributed by atoms with Crippen LogP contribution in [-0.2, 0) is 14.3 Å². The molecule has 0 aliphatic carbocycles. The Morgan fingerprint density at radius 3 is 2.90 bits per heavy atom. The van der Waals surface area contributed by atoms with Gasteiger partial charge in [0.2, 0.25) is 5.91 Å². The smallest absolute Gasteiger partial charge is 0.307 e. The molecule has 1 amide bonds. The molecule has 110 valence electrons. The molecule has 0 saturated carbocycles. The van der Waals surface area contributed by atoms with Crippen LogP contribution in [0.4, 0.5) is 0 Å². The van der Waals surface area contributed by atoms with Crippen molar-refractivity contribution in [2.75, 3.05) is 13.7 Å². The average molecular weight is 296 g/mol. The molecule has 20 heavy (non-hydrogen) atoms. The van der Waals surface area contributed by atoms with Crippen LogP contribution in [0.2, 0.25) is 0 Å². The van der Waals surface area contributed by atoms with Crippen LogP contribution in [0.5, 0.6) is 0 Å². The quantitative estimate of drug-likeness (QED) is 0.843. The third-order valence-electron chi connectivity index (χ3n) is 3.80. The van der Waals surface area contributed by atoms with E-state index in [0.29, 0.717) is 13.0 Å². The van der Waals surface area contributed by atoms with Gasteiger partial charge >= 0.3 is 5.97 Å². The first kappa shape index (κ1) is 15.0. The van der Waals surface area contributed by atoms with E-state index in [1.54, 1.807) is 16.2 Å². The van der Waals surface area contributed by atoms with Crippen molar-refractivity contribution in [1.29, 1.82) is 0 Å². The molecule has 0 spiro atoms. The average Bonchev–Trinajstić information content (AvgIpc) is 3.06. The van der Waals surface area contributed by atoms with Crippen LogP contribution in [0.15, 0.2) is 17.5 Å². The predicted molar refractivity (Wildman–Crippen MR) is 77.2 cm³/mol. The van der Waals surface area contributed by atoms with Gasteiger partial charge in [0.1, 0.15) is 6.17 Å². The van der Waals surface area contributed by atoms with E-state index < -0.39 is 5.54 Å². The SMILES string of the molecule is CCC1(C)NC(c2cccs2)N(CCC(=O)OC)C1=O. The summed E-state index contributed by atoms with van der Waals surface area (Å²) in [4.78, 5) is 26.7. The van der Waals surface area contributed by atoms with E-state index in [4.69, 9.17) is 0 Å². The summed E-state index contributed by atoms with van der Waals surface area (Å²) in [5.41, 5.74) is -0.565. The van der Waals surface area contributed by atoms with E-state index in [0.717, 1.165) is 4.88 Å². The number of methoxy groups -OCH3 is 1. The summed E-state index contributed by atoms with van der Waals surface area (Å²) in [5.74, 6) is -0.255. The highest BCUT2D eigenvalue weighted by atomic mass is 32.1.